The van der Waals surface area contributed by atoms with Crippen molar-refractivity contribution in [3.8, 4) is 0 Å². The van der Waals surface area contributed by atoms with Gasteiger partial charge in [-0.15, -0.1) is 0 Å². The summed E-state index contributed by atoms with van der Waals surface area (Å²) in [7, 11) is 0. The number of nitrogens with one attached hydrogen (secondary N) is 1. The average molecular weight is 312 g/mol. The van der Waals surface area contributed by atoms with Crippen LogP contribution in [0, 0.1) is 17.2 Å². The molecule has 0 radical (unpaired) electrons. The third kappa shape index (κ3) is 2.48. The molecule has 0 bridgehead atoms. The molecule has 2 aliphatic carbocycles. The first-order valence-corrected chi connectivity index (χ1v) is 7.58. The molecule has 1 unspecified atom stereocenters. The largest absolute Gasteiger partial charge is 0.310 e. The normalized spacial score (nSPS) is 22.8. The van der Waals surface area contributed by atoms with Gasteiger partial charge in [0.05, 0.1) is 4.47 Å². The van der Waals surface area contributed by atoms with E-state index in [2.05, 4.69) is 28.2 Å². The summed E-state index contributed by atoms with van der Waals surface area (Å²) in [5.41, 5.74) is 1.76. The summed E-state index contributed by atoms with van der Waals surface area (Å²) >= 11 is 3.25. The van der Waals surface area contributed by atoms with E-state index < -0.39 is 0 Å². The molecular weight excluding hydrogens is 293 g/mol. The van der Waals surface area contributed by atoms with Crippen molar-refractivity contribution in [3.63, 3.8) is 0 Å². The predicted octanol–water partition coefficient (Wildman–Crippen LogP) is 4.43. The molecule has 98 valence electrons. The fourth-order valence-electron chi connectivity index (χ4n) is 2.84. The zero-order chi connectivity index (χ0) is 12.8. The van der Waals surface area contributed by atoms with E-state index in [0.29, 0.717) is 9.89 Å². The van der Waals surface area contributed by atoms with Gasteiger partial charge in [-0.2, -0.15) is 0 Å². The summed E-state index contributed by atoms with van der Waals surface area (Å²) in [6.07, 6.45) is 5.64. The molecule has 1 aromatic carbocycles. The Hall–Kier alpha value is -0.410. The number of hydrogen-bond donors (Lipinski definition) is 1. The monoisotopic (exact) mass is 311 g/mol. The van der Waals surface area contributed by atoms with Gasteiger partial charge in [0.25, 0.3) is 0 Å². The molecule has 3 rings (SSSR count). The van der Waals surface area contributed by atoms with Gasteiger partial charge in [0.1, 0.15) is 5.82 Å². The van der Waals surface area contributed by atoms with Crippen LogP contribution in [0.2, 0.25) is 0 Å². The van der Waals surface area contributed by atoms with Crippen molar-refractivity contribution in [2.75, 3.05) is 6.54 Å². The van der Waals surface area contributed by atoms with E-state index in [1.807, 2.05) is 12.1 Å². The maximum atomic E-state index is 13.2. The Balaban J connectivity index is 1.60. The zero-order valence-electron chi connectivity index (χ0n) is 10.7. The molecule has 2 saturated carbocycles. The predicted molar refractivity (Wildman–Crippen MR) is 74.9 cm³/mol. The molecule has 18 heavy (non-hydrogen) atoms. The molecule has 1 aromatic rings. The van der Waals surface area contributed by atoms with Crippen molar-refractivity contribution in [1.29, 1.82) is 0 Å². The quantitative estimate of drug-likeness (QED) is 0.848. The summed E-state index contributed by atoms with van der Waals surface area (Å²) in [4.78, 5) is 0. The van der Waals surface area contributed by atoms with Crippen molar-refractivity contribution < 1.29 is 4.39 Å². The first kappa shape index (κ1) is 12.6. The van der Waals surface area contributed by atoms with Gasteiger partial charge in [-0.25, -0.2) is 4.39 Å². The molecule has 0 saturated heterocycles. The molecule has 2 fully saturated rings. The molecule has 3 heteroatoms. The van der Waals surface area contributed by atoms with Gasteiger partial charge in [0.2, 0.25) is 0 Å². The number of halogens is 2. The van der Waals surface area contributed by atoms with E-state index in [1.54, 1.807) is 0 Å². The van der Waals surface area contributed by atoms with E-state index in [9.17, 15) is 4.39 Å². The molecule has 0 heterocycles. The molecule has 0 amide bonds. The third-order valence-electron chi connectivity index (χ3n) is 4.54. The van der Waals surface area contributed by atoms with Crippen molar-refractivity contribution in [2.45, 2.75) is 38.6 Å². The van der Waals surface area contributed by atoms with Crippen LogP contribution in [0.25, 0.3) is 0 Å². The average Bonchev–Trinajstić information content (AvgIpc) is 3.22. The minimum atomic E-state index is -0.192. The molecule has 0 aromatic heterocycles. The lowest BCUT2D eigenvalue weighted by Crippen LogP contribution is -2.28. The molecule has 1 N–H and O–H groups in total. The summed E-state index contributed by atoms with van der Waals surface area (Å²) in [5, 5.41) is 3.63. The molecular formula is C15H19BrFN. The Bertz CT molecular complexity index is 452. The summed E-state index contributed by atoms with van der Waals surface area (Å²) in [6.45, 7) is 3.27. The SMILES string of the molecule is CC(NCC1(C2CC2)CC1)c1ccc(F)c(Br)c1. The van der Waals surface area contributed by atoms with Crippen molar-refractivity contribution in [3.05, 3.63) is 34.1 Å². The zero-order valence-corrected chi connectivity index (χ0v) is 12.3. The van der Waals surface area contributed by atoms with E-state index >= 15 is 0 Å². The highest BCUT2D eigenvalue weighted by atomic mass is 79.9. The van der Waals surface area contributed by atoms with E-state index in [4.69, 9.17) is 0 Å². The second kappa shape index (κ2) is 4.61. The van der Waals surface area contributed by atoms with Crippen molar-refractivity contribution >= 4 is 15.9 Å². The second-order valence-electron chi connectivity index (χ2n) is 5.91. The van der Waals surface area contributed by atoms with Crippen molar-refractivity contribution in [1.82, 2.24) is 5.32 Å². The van der Waals surface area contributed by atoms with Crippen LogP contribution in [-0.4, -0.2) is 6.54 Å². The summed E-state index contributed by atoms with van der Waals surface area (Å²) in [6, 6.07) is 5.57. The fourth-order valence-corrected chi connectivity index (χ4v) is 3.24. The lowest BCUT2D eigenvalue weighted by molar-refractivity contribution is 0.382. The topological polar surface area (TPSA) is 12.0 Å². The summed E-state index contributed by atoms with van der Waals surface area (Å²) in [5.74, 6) is 0.791. The Labute approximate surface area is 116 Å². The lowest BCUT2D eigenvalue weighted by Gasteiger charge is -2.20. The van der Waals surface area contributed by atoms with Crippen LogP contribution in [0.15, 0.2) is 22.7 Å². The van der Waals surface area contributed by atoms with Crippen LogP contribution in [0.1, 0.15) is 44.2 Å². The first-order valence-electron chi connectivity index (χ1n) is 6.79. The van der Waals surface area contributed by atoms with Gasteiger partial charge in [-0.3, -0.25) is 0 Å². The minimum Gasteiger partial charge on any atom is -0.310 e. The van der Waals surface area contributed by atoms with Crippen LogP contribution in [0.4, 0.5) is 4.39 Å². The van der Waals surface area contributed by atoms with Gasteiger partial charge in [-0.1, -0.05) is 6.07 Å². The fraction of sp³-hybridized carbons (Fsp3) is 0.600. The van der Waals surface area contributed by atoms with E-state index in [-0.39, 0.29) is 11.9 Å². The Morgan fingerprint density at radius 2 is 2.17 bits per heavy atom. The van der Waals surface area contributed by atoms with Gasteiger partial charge in [0.15, 0.2) is 0 Å². The maximum absolute atomic E-state index is 13.2. The van der Waals surface area contributed by atoms with Gasteiger partial charge >= 0.3 is 0 Å². The minimum absolute atomic E-state index is 0.192. The smallest absolute Gasteiger partial charge is 0.137 e. The van der Waals surface area contributed by atoms with Gasteiger partial charge in [0, 0.05) is 12.6 Å². The third-order valence-corrected chi connectivity index (χ3v) is 5.15. The molecule has 0 aliphatic heterocycles. The standard InChI is InChI=1S/C15H19BrFN/c1-10(11-2-5-14(17)13(16)8-11)18-9-15(6-7-15)12-3-4-12/h2,5,8,10,12,18H,3-4,6-7,9H2,1H3. The van der Waals surface area contributed by atoms with Gasteiger partial charge < -0.3 is 5.32 Å². The van der Waals surface area contributed by atoms with Gasteiger partial charge in [-0.05, 0) is 77.6 Å². The van der Waals surface area contributed by atoms with Crippen LogP contribution in [-0.2, 0) is 0 Å². The number of benzene rings is 1. The molecule has 1 atom stereocenters. The second-order valence-corrected chi connectivity index (χ2v) is 6.77. The Morgan fingerprint density at radius 3 is 2.72 bits per heavy atom. The maximum Gasteiger partial charge on any atom is 0.137 e. The summed E-state index contributed by atoms with van der Waals surface area (Å²) < 4.78 is 13.7. The van der Waals surface area contributed by atoms with E-state index in [0.717, 1.165) is 18.0 Å². The van der Waals surface area contributed by atoms with E-state index in [1.165, 1.54) is 31.7 Å². The first-order chi connectivity index (χ1) is 8.61. The van der Waals surface area contributed by atoms with Crippen molar-refractivity contribution in [2.24, 2.45) is 11.3 Å². The van der Waals surface area contributed by atoms with Crippen LogP contribution in [0.5, 0.6) is 0 Å². The highest BCUT2D eigenvalue weighted by Gasteiger charge is 2.53. The molecule has 0 spiro atoms. The van der Waals surface area contributed by atoms with Crippen LogP contribution in [0.3, 0.4) is 0 Å². The Kier molecular flexibility index (Phi) is 3.23. The molecule has 1 nitrogen and oxygen atoms in total. The Morgan fingerprint density at radius 1 is 1.44 bits per heavy atom. The van der Waals surface area contributed by atoms with Crippen LogP contribution < -0.4 is 5.32 Å². The lowest BCUT2D eigenvalue weighted by atomic mass is 9.99. The number of rotatable bonds is 5. The highest BCUT2D eigenvalue weighted by molar-refractivity contribution is 9.10. The number of hydrogen-bond acceptors (Lipinski definition) is 1. The van der Waals surface area contributed by atoms with Crippen LogP contribution >= 0.6 is 15.9 Å². The highest BCUT2D eigenvalue weighted by Crippen LogP contribution is 2.60. The molecule has 2 aliphatic rings.